The highest BCUT2D eigenvalue weighted by molar-refractivity contribution is 5.79. The molecule has 1 saturated heterocycles. The van der Waals surface area contributed by atoms with E-state index in [1.54, 1.807) is 4.57 Å². The summed E-state index contributed by atoms with van der Waals surface area (Å²) in [6.07, 6.45) is 0.714. The summed E-state index contributed by atoms with van der Waals surface area (Å²) < 4.78 is 34.1. The maximum atomic E-state index is 13.6. The molecule has 18 heavy (non-hydrogen) atoms. The summed E-state index contributed by atoms with van der Waals surface area (Å²) in [5.74, 6) is -1.13. The van der Waals surface area contributed by atoms with Gasteiger partial charge in [-0.3, -0.25) is 0 Å². The minimum atomic E-state index is -0.693. The molecular weight excluding hydrogens is 240 g/mol. The van der Waals surface area contributed by atoms with Crippen LogP contribution in [0.4, 0.5) is 14.7 Å². The minimum absolute atomic E-state index is 0.0313. The van der Waals surface area contributed by atoms with Crippen molar-refractivity contribution in [1.82, 2.24) is 9.55 Å². The lowest BCUT2D eigenvalue weighted by Crippen LogP contribution is -2.18. The van der Waals surface area contributed by atoms with Crippen LogP contribution < -0.4 is 5.73 Å². The molecule has 3 rings (SSSR count). The van der Waals surface area contributed by atoms with Crippen LogP contribution >= 0.6 is 0 Å². The lowest BCUT2D eigenvalue weighted by molar-refractivity contribution is 0.109. The van der Waals surface area contributed by atoms with Gasteiger partial charge in [-0.15, -0.1) is 0 Å². The molecule has 0 bridgehead atoms. The molecule has 2 heterocycles. The van der Waals surface area contributed by atoms with Crippen molar-refractivity contribution < 1.29 is 13.5 Å². The van der Waals surface area contributed by atoms with E-state index in [1.807, 2.05) is 6.92 Å². The fraction of sp³-hybridized carbons (Fsp3) is 0.417. The van der Waals surface area contributed by atoms with Crippen LogP contribution in [-0.4, -0.2) is 22.3 Å². The van der Waals surface area contributed by atoms with Gasteiger partial charge in [0.1, 0.15) is 11.3 Å². The Kier molecular flexibility index (Phi) is 2.48. The number of hydrogen-bond donors (Lipinski definition) is 1. The van der Waals surface area contributed by atoms with Crippen LogP contribution in [0, 0.1) is 11.6 Å². The predicted octanol–water partition coefficient (Wildman–Crippen LogP) is 2.25. The molecule has 1 aliphatic heterocycles. The van der Waals surface area contributed by atoms with Crippen molar-refractivity contribution in [3.63, 3.8) is 0 Å². The fourth-order valence-corrected chi connectivity index (χ4v) is 2.55. The summed E-state index contributed by atoms with van der Waals surface area (Å²) in [5.41, 5.74) is 6.31. The summed E-state index contributed by atoms with van der Waals surface area (Å²) in [5, 5.41) is 0. The molecule has 0 amide bonds. The quantitative estimate of drug-likeness (QED) is 0.848. The Labute approximate surface area is 102 Å². The number of imidazole rings is 1. The molecule has 1 fully saturated rings. The molecule has 0 saturated carbocycles. The van der Waals surface area contributed by atoms with Crippen LogP contribution in [-0.2, 0) is 4.74 Å². The number of nitrogens with two attached hydrogens (primary N) is 1. The van der Waals surface area contributed by atoms with Crippen LogP contribution in [0.2, 0.25) is 0 Å². The molecule has 2 aromatic rings. The zero-order valence-electron chi connectivity index (χ0n) is 9.86. The monoisotopic (exact) mass is 253 g/mol. The average Bonchev–Trinajstić information content (AvgIpc) is 2.82. The third-order valence-corrected chi connectivity index (χ3v) is 3.41. The van der Waals surface area contributed by atoms with E-state index >= 15 is 0 Å². The van der Waals surface area contributed by atoms with Crippen LogP contribution in [0.1, 0.15) is 19.4 Å². The highest BCUT2D eigenvalue weighted by atomic mass is 19.1. The van der Waals surface area contributed by atoms with Gasteiger partial charge in [0.15, 0.2) is 5.82 Å². The Morgan fingerprint density at radius 2 is 2.22 bits per heavy atom. The van der Waals surface area contributed by atoms with Gasteiger partial charge in [0.25, 0.3) is 0 Å². The van der Waals surface area contributed by atoms with E-state index in [-0.39, 0.29) is 23.6 Å². The molecule has 4 nitrogen and oxygen atoms in total. The zero-order valence-corrected chi connectivity index (χ0v) is 9.86. The lowest BCUT2D eigenvalue weighted by atomic mass is 10.1. The molecule has 0 aliphatic carbocycles. The largest absolute Gasteiger partial charge is 0.376 e. The van der Waals surface area contributed by atoms with Gasteiger partial charge in [0.05, 0.1) is 17.7 Å². The molecular formula is C12H13F2N3O. The number of hydrogen-bond acceptors (Lipinski definition) is 3. The number of rotatable bonds is 1. The predicted molar refractivity (Wildman–Crippen MR) is 63.1 cm³/mol. The number of aromatic nitrogens is 2. The number of fused-ring (bicyclic) bond motifs is 1. The Bertz CT molecular complexity index is 611. The second-order valence-electron chi connectivity index (χ2n) is 4.53. The second-order valence-corrected chi connectivity index (χ2v) is 4.53. The number of halogens is 2. The topological polar surface area (TPSA) is 53.1 Å². The maximum absolute atomic E-state index is 13.6. The Balaban J connectivity index is 2.25. The number of ether oxygens (including phenoxy) is 1. The first-order valence-corrected chi connectivity index (χ1v) is 5.82. The standard InChI is InChI=1S/C12H13F2N3O/c1-6-9(2-3-18-6)17-10-5-7(13)4-8(14)11(10)16-12(17)15/h4-6,9H,2-3H2,1H3,(H2,15,16). The van der Waals surface area contributed by atoms with E-state index in [9.17, 15) is 8.78 Å². The summed E-state index contributed by atoms with van der Waals surface area (Å²) >= 11 is 0. The molecule has 0 radical (unpaired) electrons. The van der Waals surface area contributed by atoms with Crippen LogP contribution in [0.15, 0.2) is 12.1 Å². The van der Waals surface area contributed by atoms with Gasteiger partial charge in [0.2, 0.25) is 5.95 Å². The maximum Gasteiger partial charge on any atom is 0.201 e. The summed E-state index contributed by atoms with van der Waals surface area (Å²) in [7, 11) is 0. The van der Waals surface area contributed by atoms with E-state index < -0.39 is 11.6 Å². The number of anilines is 1. The third kappa shape index (κ3) is 1.56. The van der Waals surface area contributed by atoms with E-state index in [0.29, 0.717) is 12.1 Å². The first-order chi connectivity index (χ1) is 8.58. The van der Waals surface area contributed by atoms with Gasteiger partial charge in [-0.2, -0.15) is 0 Å². The van der Waals surface area contributed by atoms with Crippen molar-refractivity contribution in [2.24, 2.45) is 0 Å². The first-order valence-electron chi connectivity index (χ1n) is 5.82. The molecule has 0 spiro atoms. The van der Waals surface area contributed by atoms with Crippen LogP contribution in [0.25, 0.3) is 11.0 Å². The Morgan fingerprint density at radius 3 is 2.89 bits per heavy atom. The van der Waals surface area contributed by atoms with Gasteiger partial charge in [-0.05, 0) is 13.3 Å². The molecule has 6 heteroatoms. The fourth-order valence-electron chi connectivity index (χ4n) is 2.55. The molecule has 2 atom stereocenters. The van der Waals surface area contributed by atoms with Crippen molar-refractivity contribution in [3.8, 4) is 0 Å². The zero-order chi connectivity index (χ0) is 12.9. The van der Waals surface area contributed by atoms with Gasteiger partial charge >= 0.3 is 0 Å². The van der Waals surface area contributed by atoms with Crippen molar-refractivity contribution in [2.75, 3.05) is 12.3 Å². The molecule has 2 N–H and O–H groups in total. The molecule has 2 unspecified atom stereocenters. The number of nitrogen functional groups attached to an aromatic ring is 1. The highest BCUT2D eigenvalue weighted by Gasteiger charge is 2.29. The normalized spacial score (nSPS) is 23.9. The Hall–Kier alpha value is -1.69. The number of nitrogens with zero attached hydrogens (tertiary/aromatic N) is 2. The first kappa shape index (κ1) is 11.4. The SMILES string of the molecule is CC1OCCC1n1c(N)nc2c(F)cc(F)cc21. The van der Waals surface area contributed by atoms with Crippen molar-refractivity contribution >= 4 is 17.0 Å². The summed E-state index contributed by atoms with van der Waals surface area (Å²) in [4.78, 5) is 3.98. The van der Waals surface area contributed by atoms with Crippen LogP contribution in [0.5, 0.6) is 0 Å². The van der Waals surface area contributed by atoms with E-state index in [2.05, 4.69) is 4.98 Å². The van der Waals surface area contributed by atoms with E-state index in [1.165, 1.54) is 6.07 Å². The van der Waals surface area contributed by atoms with E-state index in [0.717, 1.165) is 12.5 Å². The van der Waals surface area contributed by atoms with Gasteiger partial charge in [0, 0.05) is 18.7 Å². The van der Waals surface area contributed by atoms with Crippen molar-refractivity contribution in [2.45, 2.75) is 25.5 Å². The van der Waals surface area contributed by atoms with Gasteiger partial charge in [-0.25, -0.2) is 13.8 Å². The van der Waals surface area contributed by atoms with Crippen molar-refractivity contribution in [3.05, 3.63) is 23.8 Å². The second kappa shape index (κ2) is 3.91. The lowest BCUT2D eigenvalue weighted by Gasteiger charge is -2.18. The minimum Gasteiger partial charge on any atom is -0.376 e. The van der Waals surface area contributed by atoms with E-state index in [4.69, 9.17) is 10.5 Å². The summed E-state index contributed by atoms with van der Waals surface area (Å²) in [6.45, 7) is 2.53. The molecule has 1 aromatic heterocycles. The number of benzene rings is 1. The summed E-state index contributed by atoms with van der Waals surface area (Å²) in [6, 6.07) is 2.04. The molecule has 1 aromatic carbocycles. The van der Waals surface area contributed by atoms with Crippen LogP contribution in [0.3, 0.4) is 0 Å². The third-order valence-electron chi connectivity index (χ3n) is 3.41. The Morgan fingerprint density at radius 1 is 1.44 bits per heavy atom. The van der Waals surface area contributed by atoms with Crippen molar-refractivity contribution in [1.29, 1.82) is 0 Å². The van der Waals surface area contributed by atoms with Gasteiger partial charge in [-0.1, -0.05) is 0 Å². The smallest absolute Gasteiger partial charge is 0.201 e. The average molecular weight is 253 g/mol. The highest BCUT2D eigenvalue weighted by Crippen LogP contribution is 2.33. The molecule has 1 aliphatic rings. The molecule has 96 valence electrons. The van der Waals surface area contributed by atoms with Gasteiger partial charge < -0.3 is 15.0 Å².